The van der Waals surface area contributed by atoms with Crippen molar-refractivity contribution in [2.75, 3.05) is 33.2 Å². The van der Waals surface area contributed by atoms with E-state index in [9.17, 15) is 9.18 Å². The first-order valence-corrected chi connectivity index (χ1v) is 8.42. The van der Waals surface area contributed by atoms with E-state index in [0.29, 0.717) is 29.5 Å². The Hall–Kier alpha value is -2.84. The molecule has 1 fully saturated rings. The van der Waals surface area contributed by atoms with Crippen molar-refractivity contribution in [1.29, 1.82) is 0 Å². The number of carbonyl (C=O) groups is 1. The van der Waals surface area contributed by atoms with Crippen molar-refractivity contribution < 1.29 is 23.4 Å². The lowest BCUT2D eigenvalue weighted by molar-refractivity contribution is -0.119. The molecule has 2 unspecified atom stereocenters. The highest BCUT2D eigenvalue weighted by molar-refractivity contribution is 5.94. The molecule has 2 aromatic rings. The molecule has 1 heterocycles. The number of hydrazine groups is 1. The van der Waals surface area contributed by atoms with Crippen LogP contribution in [0.1, 0.15) is 11.6 Å². The minimum Gasteiger partial charge on any atom is -0.493 e. The summed E-state index contributed by atoms with van der Waals surface area (Å²) in [5.74, 6) is 0.468. The van der Waals surface area contributed by atoms with Crippen LogP contribution in [-0.2, 0) is 4.79 Å². The first-order valence-electron chi connectivity index (χ1n) is 8.42. The van der Waals surface area contributed by atoms with Crippen molar-refractivity contribution in [2.45, 2.75) is 6.04 Å². The number of hydrogen-bond acceptors (Lipinski definition) is 6. The van der Waals surface area contributed by atoms with Gasteiger partial charge in [-0.25, -0.2) is 9.82 Å². The lowest BCUT2D eigenvalue weighted by atomic mass is 9.94. The van der Waals surface area contributed by atoms with Gasteiger partial charge in [-0.2, -0.15) is 0 Å². The highest BCUT2D eigenvalue weighted by Crippen LogP contribution is 2.40. The van der Waals surface area contributed by atoms with Crippen molar-refractivity contribution >= 4 is 11.6 Å². The Balaban J connectivity index is 1.81. The number of rotatable bonds is 6. The molecule has 3 rings (SSSR count). The number of benzene rings is 2. The first-order chi connectivity index (χ1) is 13.1. The zero-order valence-electron chi connectivity index (χ0n) is 15.3. The van der Waals surface area contributed by atoms with Gasteiger partial charge >= 0.3 is 0 Å². The van der Waals surface area contributed by atoms with E-state index >= 15 is 0 Å². The van der Waals surface area contributed by atoms with Gasteiger partial charge in [0.05, 0.1) is 33.3 Å². The maximum Gasteiger partial charge on any atom is 0.230 e. The van der Waals surface area contributed by atoms with Gasteiger partial charge < -0.3 is 19.5 Å². The van der Waals surface area contributed by atoms with Crippen LogP contribution >= 0.6 is 0 Å². The Morgan fingerprint density at radius 3 is 2.26 bits per heavy atom. The summed E-state index contributed by atoms with van der Waals surface area (Å²) in [6.07, 6.45) is 0. The van der Waals surface area contributed by atoms with Gasteiger partial charge in [0.25, 0.3) is 0 Å². The summed E-state index contributed by atoms with van der Waals surface area (Å²) in [6.45, 7) is 0.443. The van der Waals surface area contributed by atoms with Gasteiger partial charge in [-0.1, -0.05) is 12.1 Å². The van der Waals surface area contributed by atoms with E-state index in [-0.39, 0.29) is 23.7 Å². The summed E-state index contributed by atoms with van der Waals surface area (Å²) >= 11 is 0. The summed E-state index contributed by atoms with van der Waals surface area (Å²) < 4.78 is 29.1. The van der Waals surface area contributed by atoms with E-state index in [1.807, 2.05) is 0 Å². The third kappa shape index (κ3) is 3.96. The normalized spacial score (nSPS) is 18.8. The average molecular weight is 375 g/mol. The van der Waals surface area contributed by atoms with Crippen LogP contribution in [0, 0.1) is 11.7 Å². The van der Waals surface area contributed by atoms with Crippen LogP contribution in [0.5, 0.6) is 17.2 Å². The summed E-state index contributed by atoms with van der Waals surface area (Å²) in [5.41, 5.74) is 7.41. The van der Waals surface area contributed by atoms with Crippen LogP contribution < -0.4 is 30.4 Å². The molecule has 0 aromatic heterocycles. The van der Waals surface area contributed by atoms with Gasteiger partial charge in [0, 0.05) is 24.4 Å². The molecule has 0 aliphatic carbocycles. The SMILES string of the molecule is COc1cc(NC(=O)C2CNNC2c2ccc(F)cc2)cc(OC)c1OC. The van der Waals surface area contributed by atoms with Gasteiger partial charge in [0.15, 0.2) is 11.5 Å². The second kappa shape index (κ2) is 8.24. The van der Waals surface area contributed by atoms with Gasteiger partial charge in [-0.15, -0.1) is 0 Å². The first kappa shape index (κ1) is 18.9. The van der Waals surface area contributed by atoms with Gasteiger partial charge in [-0.3, -0.25) is 10.2 Å². The van der Waals surface area contributed by atoms with Crippen LogP contribution in [-0.4, -0.2) is 33.8 Å². The molecule has 1 aliphatic heterocycles. The fourth-order valence-corrected chi connectivity index (χ4v) is 3.12. The van der Waals surface area contributed by atoms with Gasteiger partial charge in [-0.05, 0) is 17.7 Å². The molecule has 0 bridgehead atoms. The van der Waals surface area contributed by atoms with E-state index in [1.54, 1.807) is 24.3 Å². The molecule has 0 radical (unpaired) electrons. The standard InChI is InChI=1S/C19H22FN3O4/c1-25-15-8-13(9-16(26-2)18(15)27-3)22-19(24)14-10-21-23-17(14)11-4-6-12(20)7-5-11/h4-9,14,17,21,23H,10H2,1-3H3,(H,22,24). The molecule has 0 saturated carbocycles. The number of anilines is 1. The minimum absolute atomic E-state index is 0.184. The number of halogens is 1. The molecule has 1 saturated heterocycles. The summed E-state index contributed by atoms with van der Waals surface area (Å²) in [6, 6.07) is 9.16. The molecular formula is C19H22FN3O4. The van der Waals surface area contributed by atoms with Crippen LogP contribution in [0.15, 0.2) is 36.4 Å². The third-order valence-electron chi connectivity index (χ3n) is 4.48. The third-order valence-corrected chi connectivity index (χ3v) is 4.48. The average Bonchev–Trinajstić information content (AvgIpc) is 3.17. The predicted molar refractivity (Wildman–Crippen MR) is 98.5 cm³/mol. The van der Waals surface area contributed by atoms with E-state index in [4.69, 9.17) is 14.2 Å². The molecule has 2 aromatic carbocycles. The van der Waals surface area contributed by atoms with E-state index in [1.165, 1.54) is 33.5 Å². The molecule has 1 amide bonds. The van der Waals surface area contributed by atoms with E-state index in [0.717, 1.165) is 5.56 Å². The number of amides is 1. The maximum absolute atomic E-state index is 13.2. The molecule has 2 atom stereocenters. The van der Waals surface area contributed by atoms with Crippen LogP contribution in [0.25, 0.3) is 0 Å². The van der Waals surface area contributed by atoms with Gasteiger partial charge in [0.2, 0.25) is 11.7 Å². The highest BCUT2D eigenvalue weighted by atomic mass is 19.1. The Morgan fingerprint density at radius 1 is 1.07 bits per heavy atom. The number of hydrogen-bond donors (Lipinski definition) is 3. The smallest absolute Gasteiger partial charge is 0.230 e. The van der Waals surface area contributed by atoms with Crippen molar-refractivity contribution in [3.05, 3.63) is 47.8 Å². The Morgan fingerprint density at radius 2 is 1.70 bits per heavy atom. The molecule has 1 aliphatic rings. The zero-order chi connectivity index (χ0) is 19.4. The Kier molecular flexibility index (Phi) is 5.78. The fraction of sp³-hybridized carbons (Fsp3) is 0.316. The zero-order valence-corrected chi connectivity index (χ0v) is 15.3. The van der Waals surface area contributed by atoms with Crippen molar-refractivity contribution in [3.63, 3.8) is 0 Å². The topological polar surface area (TPSA) is 80.9 Å². The maximum atomic E-state index is 13.2. The van der Waals surface area contributed by atoms with Crippen LogP contribution in [0.4, 0.5) is 10.1 Å². The summed E-state index contributed by atoms with van der Waals surface area (Å²) in [7, 11) is 4.54. The molecule has 3 N–H and O–H groups in total. The van der Waals surface area contributed by atoms with Gasteiger partial charge in [0.1, 0.15) is 5.82 Å². The fourth-order valence-electron chi connectivity index (χ4n) is 3.12. The minimum atomic E-state index is -0.380. The number of carbonyl (C=O) groups excluding carboxylic acids is 1. The van der Waals surface area contributed by atoms with E-state index in [2.05, 4.69) is 16.2 Å². The molecule has 144 valence electrons. The second-order valence-corrected chi connectivity index (χ2v) is 6.06. The predicted octanol–water partition coefficient (Wildman–Crippen LogP) is 2.26. The molecule has 0 spiro atoms. The molecule has 8 heteroatoms. The van der Waals surface area contributed by atoms with E-state index < -0.39 is 0 Å². The van der Waals surface area contributed by atoms with Crippen molar-refractivity contribution in [3.8, 4) is 17.2 Å². The molecule has 27 heavy (non-hydrogen) atoms. The molecule has 7 nitrogen and oxygen atoms in total. The number of ether oxygens (including phenoxy) is 3. The lowest BCUT2D eigenvalue weighted by Crippen LogP contribution is -2.29. The lowest BCUT2D eigenvalue weighted by Gasteiger charge is -2.19. The highest BCUT2D eigenvalue weighted by Gasteiger charge is 2.34. The van der Waals surface area contributed by atoms with Crippen molar-refractivity contribution in [2.24, 2.45) is 5.92 Å². The largest absolute Gasteiger partial charge is 0.493 e. The molecular weight excluding hydrogens is 353 g/mol. The summed E-state index contributed by atoms with van der Waals surface area (Å²) in [4.78, 5) is 12.8. The van der Waals surface area contributed by atoms with Crippen LogP contribution in [0.3, 0.4) is 0 Å². The Labute approximate surface area is 156 Å². The monoisotopic (exact) mass is 375 g/mol. The van der Waals surface area contributed by atoms with Crippen LogP contribution in [0.2, 0.25) is 0 Å². The quantitative estimate of drug-likeness (QED) is 0.719. The number of nitrogens with one attached hydrogen (secondary N) is 3. The summed E-state index contributed by atoms with van der Waals surface area (Å²) in [5, 5.41) is 2.89. The number of methoxy groups -OCH3 is 3. The Bertz CT molecular complexity index is 788. The van der Waals surface area contributed by atoms with Crippen molar-refractivity contribution in [1.82, 2.24) is 10.9 Å². The second-order valence-electron chi connectivity index (χ2n) is 6.06.